The highest BCUT2D eigenvalue weighted by molar-refractivity contribution is 5.51. The van der Waals surface area contributed by atoms with Gasteiger partial charge in [-0.25, -0.2) is 0 Å². The van der Waals surface area contributed by atoms with Crippen LogP contribution in [0.25, 0.3) is 11.5 Å². The molecule has 24 heavy (non-hydrogen) atoms. The first-order valence-corrected chi connectivity index (χ1v) is 8.12. The molecular weight excluding hydrogens is 304 g/mol. The van der Waals surface area contributed by atoms with Gasteiger partial charge >= 0.3 is 0 Å². The summed E-state index contributed by atoms with van der Waals surface area (Å²) in [7, 11) is 2.06. The Bertz CT molecular complexity index is 796. The zero-order chi connectivity index (χ0) is 16.4. The number of benzene rings is 1. The van der Waals surface area contributed by atoms with Crippen LogP contribution in [-0.4, -0.2) is 39.4 Å². The van der Waals surface area contributed by atoms with Crippen LogP contribution in [0.1, 0.15) is 17.6 Å². The van der Waals surface area contributed by atoms with Gasteiger partial charge in [0.25, 0.3) is 5.89 Å². The zero-order valence-electron chi connectivity index (χ0n) is 13.6. The molecule has 0 aliphatic carbocycles. The Hall–Kier alpha value is -2.44. The average Bonchev–Trinajstić information content (AvgIpc) is 3.25. The third-order valence-electron chi connectivity index (χ3n) is 4.40. The Morgan fingerprint density at radius 3 is 2.83 bits per heavy atom. The topological polar surface area (TPSA) is 56.3 Å². The molecule has 124 valence electrons. The van der Waals surface area contributed by atoms with Crippen LogP contribution in [0, 0.1) is 0 Å². The predicted molar refractivity (Wildman–Crippen MR) is 89.1 cm³/mol. The van der Waals surface area contributed by atoms with Gasteiger partial charge in [-0.2, -0.15) is 4.98 Å². The molecule has 0 radical (unpaired) electrons. The second kappa shape index (κ2) is 6.59. The number of aryl methyl sites for hydroxylation is 1. The first-order valence-electron chi connectivity index (χ1n) is 8.12. The van der Waals surface area contributed by atoms with E-state index >= 15 is 0 Å². The molecule has 1 atom stereocenters. The minimum absolute atomic E-state index is 0.206. The highest BCUT2D eigenvalue weighted by atomic mass is 16.5. The van der Waals surface area contributed by atoms with Crippen molar-refractivity contribution < 1.29 is 9.26 Å². The van der Waals surface area contributed by atoms with Gasteiger partial charge in [0.2, 0.25) is 0 Å². The van der Waals surface area contributed by atoms with Crippen LogP contribution >= 0.6 is 0 Å². The van der Waals surface area contributed by atoms with Crippen molar-refractivity contribution in [3.63, 3.8) is 0 Å². The first kappa shape index (κ1) is 15.1. The Morgan fingerprint density at radius 1 is 1.17 bits per heavy atom. The molecule has 1 saturated heterocycles. The smallest absolute Gasteiger partial charge is 0.257 e. The summed E-state index contributed by atoms with van der Waals surface area (Å²) >= 11 is 0. The average molecular weight is 324 g/mol. The Morgan fingerprint density at radius 2 is 2.04 bits per heavy atom. The minimum atomic E-state index is 0.206. The minimum Gasteiger partial charge on any atom is -0.378 e. The summed E-state index contributed by atoms with van der Waals surface area (Å²) in [6.07, 6.45) is 2.06. The molecule has 0 bridgehead atoms. The van der Waals surface area contributed by atoms with Crippen molar-refractivity contribution in [2.75, 3.05) is 19.8 Å². The SMILES string of the molecule is Cn1cccc1[C@@H]1COCCN1Cc1noc(-c2ccccc2)n1. The van der Waals surface area contributed by atoms with Crippen molar-refractivity contribution in [3.05, 3.63) is 60.2 Å². The summed E-state index contributed by atoms with van der Waals surface area (Å²) < 4.78 is 13.2. The number of rotatable bonds is 4. The van der Waals surface area contributed by atoms with E-state index < -0.39 is 0 Å². The fourth-order valence-corrected chi connectivity index (χ4v) is 3.12. The third kappa shape index (κ3) is 2.98. The molecule has 6 nitrogen and oxygen atoms in total. The van der Waals surface area contributed by atoms with Gasteiger partial charge in [0.1, 0.15) is 0 Å². The summed E-state index contributed by atoms with van der Waals surface area (Å²) in [6, 6.07) is 14.2. The van der Waals surface area contributed by atoms with E-state index in [1.54, 1.807) is 0 Å². The number of aromatic nitrogens is 3. The normalized spacial score (nSPS) is 18.8. The van der Waals surface area contributed by atoms with Crippen LogP contribution in [0.5, 0.6) is 0 Å². The molecule has 0 saturated carbocycles. The van der Waals surface area contributed by atoms with Crippen molar-refractivity contribution in [1.82, 2.24) is 19.6 Å². The first-order chi connectivity index (χ1) is 11.8. The number of hydrogen-bond acceptors (Lipinski definition) is 5. The van der Waals surface area contributed by atoms with Gasteiger partial charge in [-0.15, -0.1) is 0 Å². The van der Waals surface area contributed by atoms with Crippen molar-refractivity contribution in [1.29, 1.82) is 0 Å². The summed E-state index contributed by atoms with van der Waals surface area (Å²) in [5.74, 6) is 1.27. The second-order valence-electron chi connectivity index (χ2n) is 5.99. The highest BCUT2D eigenvalue weighted by Gasteiger charge is 2.27. The van der Waals surface area contributed by atoms with Crippen LogP contribution in [0.4, 0.5) is 0 Å². The lowest BCUT2D eigenvalue weighted by atomic mass is 10.1. The van der Waals surface area contributed by atoms with Gasteiger partial charge in [-0.1, -0.05) is 23.4 Å². The molecule has 4 rings (SSSR count). The van der Waals surface area contributed by atoms with Crippen molar-refractivity contribution in [2.45, 2.75) is 12.6 Å². The zero-order valence-corrected chi connectivity index (χ0v) is 13.6. The molecule has 0 amide bonds. The maximum atomic E-state index is 5.68. The van der Waals surface area contributed by atoms with E-state index in [1.165, 1.54) is 5.69 Å². The Labute approximate surface area is 140 Å². The van der Waals surface area contributed by atoms with E-state index in [9.17, 15) is 0 Å². The predicted octanol–water partition coefficient (Wildman–Crippen LogP) is 2.65. The fourth-order valence-electron chi connectivity index (χ4n) is 3.12. The van der Waals surface area contributed by atoms with Gasteiger partial charge in [-0.05, 0) is 24.3 Å². The number of hydrogen-bond donors (Lipinski definition) is 0. The van der Waals surface area contributed by atoms with Crippen LogP contribution in [0.15, 0.2) is 53.2 Å². The molecular formula is C18H20N4O2. The van der Waals surface area contributed by atoms with E-state index in [1.807, 2.05) is 30.3 Å². The van der Waals surface area contributed by atoms with E-state index in [0.717, 1.165) is 18.7 Å². The number of ether oxygens (including phenoxy) is 1. The van der Waals surface area contributed by atoms with Crippen LogP contribution in [0.3, 0.4) is 0 Å². The molecule has 2 aromatic heterocycles. The largest absolute Gasteiger partial charge is 0.378 e. The number of morpholine rings is 1. The molecule has 1 aliphatic rings. The quantitative estimate of drug-likeness (QED) is 0.738. The summed E-state index contributed by atoms with van der Waals surface area (Å²) in [5.41, 5.74) is 2.18. The lowest BCUT2D eigenvalue weighted by Crippen LogP contribution is -2.40. The van der Waals surface area contributed by atoms with Crippen molar-refractivity contribution >= 4 is 0 Å². The standard InChI is InChI=1S/C18H20N4O2/c1-21-9-5-8-15(21)16-13-23-11-10-22(16)12-17-19-18(24-20-17)14-6-3-2-4-7-14/h2-9,16H,10-13H2,1H3/t16-/m0/s1. The van der Waals surface area contributed by atoms with Gasteiger partial charge in [-0.3, -0.25) is 4.90 Å². The lowest BCUT2D eigenvalue weighted by Gasteiger charge is -2.35. The molecule has 3 heterocycles. The van der Waals surface area contributed by atoms with Gasteiger partial charge in [0.05, 0.1) is 25.8 Å². The van der Waals surface area contributed by atoms with Crippen LogP contribution in [-0.2, 0) is 18.3 Å². The summed E-state index contributed by atoms with van der Waals surface area (Å²) in [4.78, 5) is 6.89. The monoisotopic (exact) mass is 324 g/mol. The van der Waals surface area contributed by atoms with Gasteiger partial charge < -0.3 is 13.8 Å². The maximum Gasteiger partial charge on any atom is 0.257 e. The number of nitrogens with zero attached hydrogens (tertiary/aromatic N) is 4. The second-order valence-corrected chi connectivity index (χ2v) is 5.99. The lowest BCUT2D eigenvalue weighted by molar-refractivity contribution is -0.0165. The molecule has 1 aromatic carbocycles. The van der Waals surface area contributed by atoms with Gasteiger partial charge in [0.15, 0.2) is 5.82 Å². The Balaban J connectivity index is 1.53. The molecule has 0 N–H and O–H groups in total. The van der Waals surface area contributed by atoms with E-state index in [0.29, 0.717) is 24.9 Å². The Kier molecular flexibility index (Phi) is 4.15. The van der Waals surface area contributed by atoms with Crippen molar-refractivity contribution in [3.8, 4) is 11.5 Å². The third-order valence-corrected chi connectivity index (χ3v) is 4.40. The van der Waals surface area contributed by atoms with E-state index in [-0.39, 0.29) is 6.04 Å². The van der Waals surface area contributed by atoms with E-state index in [2.05, 4.69) is 45.0 Å². The molecule has 0 unspecified atom stereocenters. The summed E-state index contributed by atoms with van der Waals surface area (Å²) in [6.45, 7) is 2.91. The molecule has 0 spiro atoms. The molecule has 1 aliphatic heterocycles. The molecule has 3 aromatic rings. The fraction of sp³-hybridized carbons (Fsp3) is 0.333. The van der Waals surface area contributed by atoms with Gasteiger partial charge in [0, 0.05) is 31.0 Å². The molecule has 6 heteroatoms. The van der Waals surface area contributed by atoms with Crippen molar-refractivity contribution in [2.24, 2.45) is 7.05 Å². The van der Waals surface area contributed by atoms with Crippen LogP contribution in [0.2, 0.25) is 0 Å². The molecule has 1 fully saturated rings. The maximum absolute atomic E-state index is 5.68. The van der Waals surface area contributed by atoms with E-state index in [4.69, 9.17) is 9.26 Å². The van der Waals surface area contributed by atoms with Crippen LogP contribution < -0.4 is 0 Å². The highest BCUT2D eigenvalue weighted by Crippen LogP contribution is 2.26. The summed E-state index contributed by atoms with van der Waals surface area (Å²) in [5, 5.41) is 4.15.